The van der Waals surface area contributed by atoms with Crippen molar-refractivity contribution in [2.75, 3.05) is 14.2 Å². The van der Waals surface area contributed by atoms with Crippen LogP contribution >= 0.6 is 0 Å². The van der Waals surface area contributed by atoms with Crippen LogP contribution in [0, 0.1) is 0 Å². The minimum atomic E-state index is -0.585. The van der Waals surface area contributed by atoms with Crippen molar-refractivity contribution in [2.24, 2.45) is 0 Å². The average molecular weight is 357 g/mol. The molecule has 1 N–H and O–H groups in total. The molecule has 0 radical (unpaired) electrons. The number of hydrogen-bond donors (Lipinski definition) is 1. The summed E-state index contributed by atoms with van der Waals surface area (Å²) < 4.78 is 16.4. The normalized spacial score (nSPS) is 12.8. The Morgan fingerprint density at radius 1 is 0.923 bits per heavy atom. The largest absolute Gasteiger partial charge is 0.497 e. The van der Waals surface area contributed by atoms with E-state index in [1.54, 1.807) is 20.3 Å². The number of amides is 1. The Morgan fingerprint density at radius 2 is 1.58 bits per heavy atom. The maximum atomic E-state index is 12.7. The maximum absolute atomic E-state index is 12.7. The van der Waals surface area contributed by atoms with Gasteiger partial charge in [0.15, 0.2) is 17.6 Å². The van der Waals surface area contributed by atoms with Crippen LogP contribution in [0.3, 0.4) is 0 Å². The fourth-order valence-corrected chi connectivity index (χ4v) is 2.71. The van der Waals surface area contributed by atoms with E-state index in [-0.39, 0.29) is 11.9 Å². The molecule has 2 aromatic carbocycles. The first-order chi connectivity index (χ1) is 12.6. The maximum Gasteiger partial charge on any atom is 0.261 e. The lowest BCUT2D eigenvalue weighted by Crippen LogP contribution is -2.40. The number of benzene rings is 2. The number of methoxy groups -OCH3 is 2. The van der Waals surface area contributed by atoms with Gasteiger partial charge in [-0.05, 0) is 42.7 Å². The van der Waals surface area contributed by atoms with Crippen molar-refractivity contribution in [3.8, 4) is 17.2 Å². The van der Waals surface area contributed by atoms with Gasteiger partial charge in [-0.15, -0.1) is 0 Å². The summed E-state index contributed by atoms with van der Waals surface area (Å²) >= 11 is 0. The SMILES string of the molecule is CC[C@H](NC(=O)[C@@H](CC)Oc1ccccc1OC)c1ccc(OC)cc1. The van der Waals surface area contributed by atoms with Crippen LogP contribution in [-0.2, 0) is 4.79 Å². The summed E-state index contributed by atoms with van der Waals surface area (Å²) in [5.41, 5.74) is 1.04. The van der Waals surface area contributed by atoms with Gasteiger partial charge in [0.25, 0.3) is 5.91 Å². The predicted octanol–water partition coefficient (Wildman–Crippen LogP) is 4.13. The van der Waals surface area contributed by atoms with Crippen LogP contribution in [0.15, 0.2) is 48.5 Å². The molecule has 0 aromatic heterocycles. The topological polar surface area (TPSA) is 56.8 Å². The average Bonchev–Trinajstić information content (AvgIpc) is 2.70. The Kier molecular flexibility index (Phi) is 7.33. The second kappa shape index (κ2) is 9.70. The van der Waals surface area contributed by atoms with Crippen molar-refractivity contribution in [3.05, 3.63) is 54.1 Å². The van der Waals surface area contributed by atoms with Gasteiger partial charge < -0.3 is 19.5 Å². The molecule has 0 aliphatic carbocycles. The monoisotopic (exact) mass is 357 g/mol. The van der Waals surface area contributed by atoms with Crippen LogP contribution < -0.4 is 19.5 Å². The third kappa shape index (κ3) is 4.91. The smallest absolute Gasteiger partial charge is 0.261 e. The Bertz CT molecular complexity index is 699. The molecule has 5 heteroatoms. The molecule has 0 fully saturated rings. The van der Waals surface area contributed by atoms with Crippen molar-refractivity contribution in [3.63, 3.8) is 0 Å². The van der Waals surface area contributed by atoms with Gasteiger partial charge in [0, 0.05) is 0 Å². The Morgan fingerprint density at radius 3 is 2.12 bits per heavy atom. The Labute approximate surface area is 155 Å². The number of para-hydroxylation sites is 2. The van der Waals surface area contributed by atoms with E-state index in [0.29, 0.717) is 17.9 Å². The molecule has 2 aromatic rings. The van der Waals surface area contributed by atoms with Gasteiger partial charge in [-0.2, -0.15) is 0 Å². The summed E-state index contributed by atoms with van der Waals surface area (Å²) in [6, 6.07) is 15.0. The van der Waals surface area contributed by atoms with Crippen molar-refractivity contribution < 1.29 is 19.0 Å². The molecule has 26 heavy (non-hydrogen) atoms. The van der Waals surface area contributed by atoms with Gasteiger partial charge in [0.05, 0.1) is 20.3 Å². The summed E-state index contributed by atoms with van der Waals surface area (Å²) in [5.74, 6) is 1.83. The molecule has 0 spiro atoms. The highest BCUT2D eigenvalue weighted by atomic mass is 16.5. The first-order valence-corrected chi connectivity index (χ1v) is 8.86. The molecule has 0 aliphatic rings. The minimum Gasteiger partial charge on any atom is -0.497 e. The molecule has 5 nitrogen and oxygen atoms in total. The molecular weight excluding hydrogens is 330 g/mol. The molecule has 1 amide bonds. The summed E-state index contributed by atoms with van der Waals surface area (Å²) in [7, 11) is 3.22. The first kappa shape index (κ1) is 19.6. The van der Waals surface area contributed by atoms with E-state index in [0.717, 1.165) is 17.7 Å². The fourth-order valence-electron chi connectivity index (χ4n) is 2.71. The molecule has 0 bridgehead atoms. The van der Waals surface area contributed by atoms with E-state index in [1.807, 2.05) is 56.3 Å². The van der Waals surface area contributed by atoms with E-state index in [2.05, 4.69) is 5.32 Å². The zero-order valence-corrected chi connectivity index (χ0v) is 15.8. The van der Waals surface area contributed by atoms with Crippen molar-refractivity contribution in [1.29, 1.82) is 0 Å². The quantitative estimate of drug-likeness (QED) is 0.733. The van der Waals surface area contributed by atoms with Gasteiger partial charge in [0.2, 0.25) is 0 Å². The highest BCUT2D eigenvalue weighted by molar-refractivity contribution is 5.81. The molecule has 0 saturated heterocycles. The number of carbonyl (C=O) groups excluding carboxylic acids is 1. The lowest BCUT2D eigenvalue weighted by Gasteiger charge is -2.23. The van der Waals surface area contributed by atoms with Gasteiger partial charge in [-0.1, -0.05) is 38.1 Å². The third-order valence-corrected chi connectivity index (χ3v) is 4.24. The number of carbonyl (C=O) groups is 1. The fraction of sp³-hybridized carbons (Fsp3) is 0.381. The molecule has 2 atom stereocenters. The van der Waals surface area contributed by atoms with Crippen LogP contribution in [0.1, 0.15) is 38.3 Å². The summed E-state index contributed by atoms with van der Waals surface area (Å²) in [4.78, 5) is 12.7. The third-order valence-electron chi connectivity index (χ3n) is 4.24. The van der Waals surface area contributed by atoms with E-state index in [1.165, 1.54) is 0 Å². The highest BCUT2D eigenvalue weighted by Gasteiger charge is 2.23. The molecule has 140 valence electrons. The molecule has 0 unspecified atom stereocenters. The molecule has 2 rings (SSSR count). The van der Waals surface area contributed by atoms with Gasteiger partial charge in [0.1, 0.15) is 5.75 Å². The number of hydrogen-bond acceptors (Lipinski definition) is 4. The molecule has 0 aliphatic heterocycles. The molecular formula is C21H27NO4. The van der Waals surface area contributed by atoms with E-state index in [9.17, 15) is 4.79 Å². The van der Waals surface area contributed by atoms with Crippen molar-refractivity contribution in [2.45, 2.75) is 38.8 Å². The zero-order chi connectivity index (χ0) is 18.9. The van der Waals surface area contributed by atoms with Crippen molar-refractivity contribution >= 4 is 5.91 Å². The van der Waals surface area contributed by atoms with Crippen molar-refractivity contribution in [1.82, 2.24) is 5.32 Å². The van der Waals surface area contributed by atoms with E-state index < -0.39 is 6.10 Å². The van der Waals surface area contributed by atoms with Gasteiger partial charge >= 0.3 is 0 Å². The van der Waals surface area contributed by atoms with Crippen LogP contribution in [0.25, 0.3) is 0 Å². The second-order valence-corrected chi connectivity index (χ2v) is 5.91. The summed E-state index contributed by atoms with van der Waals surface area (Å²) in [6.07, 6.45) is 0.755. The predicted molar refractivity (Wildman–Crippen MR) is 102 cm³/mol. The lowest BCUT2D eigenvalue weighted by atomic mass is 10.0. The number of ether oxygens (including phenoxy) is 3. The lowest BCUT2D eigenvalue weighted by molar-refractivity contribution is -0.129. The Balaban J connectivity index is 2.08. The molecule has 0 saturated carbocycles. The standard InChI is InChI=1S/C21H27NO4/c1-5-17(15-11-13-16(24-3)14-12-15)22-21(23)18(6-2)26-20-10-8-7-9-19(20)25-4/h7-14,17-18H,5-6H2,1-4H3,(H,22,23)/t17-,18+/m0/s1. The highest BCUT2D eigenvalue weighted by Crippen LogP contribution is 2.28. The van der Waals surface area contributed by atoms with Crippen LogP contribution in [0.2, 0.25) is 0 Å². The second-order valence-electron chi connectivity index (χ2n) is 5.91. The number of rotatable bonds is 9. The Hall–Kier alpha value is -2.69. The van der Waals surface area contributed by atoms with Gasteiger partial charge in [-0.25, -0.2) is 0 Å². The first-order valence-electron chi connectivity index (χ1n) is 8.86. The summed E-state index contributed by atoms with van der Waals surface area (Å²) in [5, 5.41) is 3.08. The minimum absolute atomic E-state index is 0.0799. The number of nitrogens with one attached hydrogen (secondary N) is 1. The van der Waals surface area contributed by atoms with E-state index in [4.69, 9.17) is 14.2 Å². The van der Waals surface area contributed by atoms with Crippen LogP contribution in [-0.4, -0.2) is 26.2 Å². The van der Waals surface area contributed by atoms with E-state index >= 15 is 0 Å². The van der Waals surface area contributed by atoms with Gasteiger partial charge in [-0.3, -0.25) is 4.79 Å². The zero-order valence-electron chi connectivity index (χ0n) is 15.8. The molecule has 0 heterocycles. The summed E-state index contributed by atoms with van der Waals surface area (Å²) in [6.45, 7) is 3.96. The van der Waals surface area contributed by atoms with Crippen LogP contribution in [0.5, 0.6) is 17.2 Å². The van der Waals surface area contributed by atoms with Crippen LogP contribution in [0.4, 0.5) is 0 Å².